The number of hydrogen-bond acceptors (Lipinski definition) is 3. The zero-order chi connectivity index (χ0) is 11.1. The molecule has 0 N–H and O–H groups in total. The van der Waals surface area contributed by atoms with Gasteiger partial charge in [-0.15, -0.1) is 11.8 Å². The second kappa shape index (κ2) is 4.03. The van der Waals surface area contributed by atoms with Crippen LogP contribution >= 0.6 is 34.4 Å². The number of fused-ring (bicyclic) bond motifs is 1. The molecule has 3 rings (SSSR count). The minimum Gasteiger partial charge on any atom is -0.306 e. The Morgan fingerprint density at radius 1 is 1.44 bits per heavy atom. The van der Waals surface area contributed by atoms with Crippen LogP contribution in [0.2, 0.25) is 0 Å². The van der Waals surface area contributed by atoms with Gasteiger partial charge in [-0.2, -0.15) is 0 Å². The topological polar surface area (TPSA) is 29.7 Å². The van der Waals surface area contributed by atoms with Gasteiger partial charge in [0.1, 0.15) is 20.4 Å². The average Bonchev–Trinajstić information content (AvgIpc) is 2.83. The first-order chi connectivity index (χ1) is 7.72. The Bertz CT molecular complexity index is 576. The van der Waals surface area contributed by atoms with Crippen molar-refractivity contribution in [1.29, 1.82) is 0 Å². The van der Waals surface area contributed by atoms with E-state index in [0.717, 1.165) is 22.1 Å². The van der Waals surface area contributed by atoms with Crippen LogP contribution in [0, 0.1) is 6.92 Å². The second-order valence-corrected chi connectivity index (χ2v) is 6.22. The summed E-state index contributed by atoms with van der Waals surface area (Å²) < 4.78 is 2.46. The van der Waals surface area contributed by atoms with E-state index in [4.69, 9.17) is 0 Å². The van der Waals surface area contributed by atoms with Crippen LogP contribution in [0.1, 0.15) is 11.3 Å². The highest BCUT2D eigenvalue weighted by molar-refractivity contribution is 14.1. The van der Waals surface area contributed by atoms with Crippen molar-refractivity contribution in [2.45, 2.75) is 11.0 Å². The van der Waals surface area contributed by atoms with Gasteiger partial charge in [-0.05, 0) is 18.6 Å². The third-order valence-corrected chi connectivity index (χ3v) is 4.82. The molecule has 3 nitrogen and oxygen atoms in total. The zero-order valence-corrected chi connectivity index (χ0v) is 11.7. The number of thioether (sulfide) groups is 1. The van der Waals surface area contributed by atoms with Crippen molar-refractivity contribution in [1.82, 2.24) is 9.38 Å². The van der Waals surface area contributed by atoms with E-state index in [9.17, 15) is 0 Å². The van der Waals surface area contributed by atoms with Crippen molar-refractivity contribution >= 4 is 45.0 Å². The lowest BCUT2D eigenvalue weighted by atomic mass is 10.3. The molecule has 0 spiro atoms. The SMILES string of the molecule is Cc1ccc2nc(C3=N[C@H](I)CS3)cn2c1. The number of nitrogens with zero attached hydrogens (tertiary/aromatic N) is 3. The summed E-state index contributed by atoms with van der Waals surface area (Å²) in [6.45, 7) is 2.09. The van der Waals surface area contributed by atoms with E-state index in [1.54, 1.807) is 11.8 Å². The Morgan fingerprint density at radius 3 is 3.06 bits per heavy atom. The highest BCUT2D eigenvalue weighted by Crippen LogP contribution is 2.26. The van der Waals surface area contributed by atoms with Crippen molar-refractivity contribution in [3.63, 3.8) is 0 Å². The molecule has 82 valence electrons. The van der Waals surface area contributed by atoms with Gasteiger partial charge in [0, 0.05) is 18.1 Å². The molecule has 0 amide bonds. The first kappa shape index (κ1) is 10.6. The Labute approximate surface area is 112 Å². The number of imidazole rings is 1. The highest BCUT2D eigenvalue weighted by atomic mass is 127. The van der Waals surface area contributed by atoms with Crippen LogP contribution < -0.4 is 0 Å². The monoisotopic (exact) mass is 343 g/mol. The molecular formula is C11H10IN3S. The minimum atomic E-state index is 0.393. The largest absolute Gasteiger partial charge is 0.306 e. The molecule has 1 aliphatic rings. The van der Waals surface area contributed by atoms with Gasteiger partial charge < -0.3 is 4.40 Å². The Hall–Kier alpha value is -0.560. The number of halogens is 1. The first-order valence-electron chi connectivity index (χ1n) is 5.03. The maximum Gasteiger partial charge on any atom is 0.137 e. The molecule has 2 aromatic heterocycles. The van der Waals surface area contributed by atoms with Crippen molar-refractivity contribution in [2.75, 3.05) is 5.75 Å². The van der Waals surface area contributed by atoms with Crippen LogP contribution in [0.5, 0.6) is 0 Å². The molecule has 0 aliphatic carbocycles. The minimum absolute atomic E-state index is 0.393. The molecule has 16 heavy (non-hydrogen) atoms. The standard InChI is InChI=1S/C11H10IN3S/c1-7-2-3-10-13-8(5-15(10)4-7)11-14-9(12)6-16-11/h2-5,9H,6H2,1H3/t9-/m0/s1. The predicted molar refractivity (Wildman–Crippen MR) is 76.7 cm³/mol. The van der Waals surface area contributed by atoms with Crippen LogP contribution in [0.15, 0.2) is 29.5 Å². The summed E-state index contributed by atoms with van der Waals surface area (Å²) in [6.07, 6.45) is 4.15. The lowest BCUT2D eigenvalue weighted by Crippen LogP contribution is -1.90. The molecule has 0 saturated heterocycles. The zero-order valence-electron chi connectivity index (χ0n) is 8.72. The van der Waals surface area contributed by atoms with E-state index < -0.39 is 0 Å². The fourth-order valence-corrected chi connectivity index (χ4v) is 3.52. The summed E-state index contributed by atoms with van der Waals surface area (Å²) in [4.78, 5) is 9.15. The molecule has 0 radical (unpaired) electrons. The van der Waals surface area contributed by atoms with E-state index in [1.165, 1.54) is 5.56 Å². The Morgan fingerprint density at radius 2 is 2.31 bits per heavy atom. The van der Waals surface area contributed by atoms with E-state index in [2.05, 4.69) is 62.4 Å². The molecule has 2 aromatic rings. The van der Waals surface area contributed by atoms with Crippen LogP contribution in [0.25, 0.3) is 5.65 Å². The normalized spacial score (nSPS) is 20.4. The summed E-state index contributed by atoms with van der Waals surface area (Å²) in [5.74, 6) is 1.06. The van der Waals surface area contributed by atoms with Crippen LogP contribution in [0.3, 0.4) is 0 Å². The van der Waals surface area contributed by atoms with Crippen molar-refractivity contribution in [3.05, 3.63) is 35.8 Å². The number of alkyl halides is 1. The van der Waals surface area contributed by atoms with Crippen molar-refractivity contribution in [2.24, 2.45) is 4.99 Å². The lowest BCUT2D eigenvalue weighted by Gasteiger charge is -1.93. The van der Waals surface area contributed by atoms with E-state index in [1.807, 2.05) is 6.07 Å². The van der Waals surface area contributed by atoms with E-state index >= 15 is 0 Å². The van der Waals surface area contributed by atoms with Crippen molar-refractivity contribution in [3.8, 4) is 0 Å². The number of aryl methyl sites for hydroxylation is 1. The summed E-state index contributed by atoms with van der Waals surface area (Å²) in [5.41, 5.74) is 3.22. The summed E-state index contributed by atoms with van der Waals surface area (Å²) >= 11 is 4.14. The van der Waals surface area contributed by atoms with Gasteiger partial charge in [0.25, 0.3) is 0 Å². The molecule has 0 saturated carbocycles. The molecule has 1 atom stereocenters. The average molecular weight is 343 g/mol. The molecule has 0 unspecified atom stereocenters. The molecule has 0 fully saturated rings. The first-order valence-corrected chi connectivity index (χ1v) is 7.26. The number of rotatable bonds is 1. The van der Waals surface area contributed by atoms with Crippen LogP contribution in [0.4, 0.5) is 0 Å². The number of hydrogen-bond donors (Lipinski definition) is 0. The molecule has 5 heteroatoms. The molecule has 0 aromatic carbocycles. The van der Waals surface area contributed by atoms with Crippen LogP contribution in [-0.2, 0) is 0 Å². The van der Waals surface area contributed by atoms with Gasteiger partial charge in [0.2, 0.25) is 0 Å². The maximum absolute atomic E-state index is 4.58. The third kappa shape index (κ3) is 1.86. The molecule has 1 aliphatic heterocycles. The fourth-order valence-electron chi connectivity index (χ4n) is 1.70. The quantitative estimate of drug-likeness (QED) is 0.453. The lowest BCUT2D eigenvalue weighted by molar-refractivity contribution is 1.13. The van der Waals surface area contributed by atoms with E-state index in [-0.39, 0.29) is 0 Å². The van der Waals surface area contributed by atoms with Crippen molar-refractivity contribution < 1.29 is 0 Å². The van der Waals surface area contributed by atoms with Gasteiger partial charge in [-0.3, -0.25) is 4.99 Å². The third-order valence-electron chi connectivity index (χ3n) is 2.43. The molecule has 3 heterocycles. The predicted octanol–water partition coefficient (Wildman–Crippen LogP) is 2.90. The fraction of sp³-hybridized carbons (Fsp3) is 0.273. The maximum atomic E-state index is 4.58. The smallest absolute Gasteiger partial charge is 0.137 e. The number of aliphatic imine (C=N–C) groups is 1. The van der Waals surface area contributed by atoms with Crippen LogP contribution in [-0.4, -0.2) is 24.2 Å². The second-order valence-electron chi connectivity index (χ2n) is 3.78. The molecular weight excluding hydrogens is 333 g/mol. The summed E-state index contributed by atoms with van der Waals surface area (Å²) in [6, 6.07) is 4.12. The number of pyridine rings is 1. The Balaban J connectivity index is 2.09. The van der Waals surface area contributed by atoms with Gasteiger partial charge in [-0.25, -0.2) is 4.98 Å². The van der Waals surface area contributed by atoms with Gasteiger partial charge >= 0.3 is 0 Å². The van der Waals surface area contributed by atoms with Gasteiger partial charge in [0.05, 0.1) is 0 Å². The van der Waals surface area contributed by atoms with E-state index in [0.29, 0.717) is 4.05 Å². The summed E-state index contributed by atoms with van der Waals surface area (Å²) in [7, 11) is 0. The Kier molecular flexibility index (Phi) is 2.67. The van der Waals surface area contributed by atoms with Gasteiger partial charge in [0.15, 0.2) is 0 Å². The molecule has 0 bridgehead atoms. The summed E-state index contributed by atoms with van der Waals surface area (Å²) in [5, 5.41) is 1.07. The highest BCUT2D eigenvalue weighted by Gasteiger charge is 2.18. The van der Waals surface area contributed by atoms with Gasteiger partial charge in [-0.1, -0.05) is 28.7 Å². The number of aromatic nitrogens is 2.